The van der Waals surface area contributed by atoms with Gasteiger partial charge in [0.15, 0.2) is 0 Å². The standard InChI is InChI=1S/C10H19NO2/c1-7-3-5-10(11,6-4-7)8(2)9(12)13/h7-8H,3-6,11H2,1-2H3,(H,12,13)/t7-,8-,10+/m1/s1. The lowest BCUT2D eigenvalue weighted by Gasteiger charge is -2.38. The molecule has 1 fully saturated rings. The Hall–Kier alpha value is -0.570. The molecule has 0 bridgehead atoms. The fourth-order valence-corrected chi connectivity index (χ4v) is 1.98. The van der Waals surface area contributed by atoms with Gasteiger partial charge in [-0.2, -0.15) is 0 Å². The molecule has 3 heteroatoms. The minimum Gasteiger partial charge on any atom is -0.481 e. The van der Waals surface area contributed by atoms with Gasteiger partial charge in [0, 0.05) is 5.54 Å². The summed E-state index contributed by atoms with van der Waals surface area (Å²) < 4.78 is 0. The fraction of sp³-hybridized carbons (Fsp3) is 0.900. The third kappa shape index (κ3) is 2.21. The third-order valence-corrected chi connectivity index (χ3v) is 3.44. The topological polar surface area (TPSA) is 63.3 Å². The molecule has 0 aliphatic heterocycles. The number of hydrogen-bond acceptors (Lipinski definition) is 2. The Kier molecular flexibility index (Phi) is 2.96. The van der Waals surface area contributed by atoms with Crippen LogP contribution in [0.5, 0.6) is 0 Å². The van der Waals surface area contributed by atoms with E-state index in [1.807, 2.05) is 0 Å². The van der Waals surface area contributed by atoms with E-state index in [-0.39, 0.29) is 0 Å². The summed E-state index contributed by atoms with van der Waals surface area (Å²) in [6.45, 7) is 3.92. The zero-order chi connectivity index (χ0) is 10.1. The summed E-state index contributed by atoms with van der Waals surface area (Å²) in [5, 5.41) is 8.89. The van der Waals surface area contributed by atoms with Crippen molar-refractivity contribution in [3.8, 4) is 0 Å². The van der Waals surface area contributed by atoms with Gasteiger partial charge in [-0.3, -0.25) is 4.79 Å². The monoisotopic (exact) mass is 185 g/mol. The van der Waals surface area contributed by atoms with E-state index in [9.17, 15) is 4.79 Å². The molecule has 1 rings (SSSR count). The van der Waals surface area contributed by atoms with Crippen LogP contribution in [-0.2, 0) is 4.79 Å². The smallest absolute Gasteiger partial charge is 0.308 e. The number of carboxylic acid groups (broad SMARTS) is 1. The molecule has 0 radical (unpaired) electrons. The number of aliphatic carboxylic acids is 1. The van der Waals surface area contributed by atoms with E-state index in [0.717, 1.165) is 25.7 Å². The predicted molar refractivity (Wildman–Crippen MR) is 51.4 cm³/mol. The maximum atomic E-state index is 10.8. The summed E-state index contributed by atoms with van der Waals surface area (Å²) in [4.78, 5) is 10.8. The van der Waals surface area contributed by atoms with Crippen LogP contribution in [0.3, 0.4) is 0 Å². The van der Waals surface area contributed by atoms with Crippen LogP contribution in [0.1, 0.15) is 39.5 Å². The first-order valence-electron chi connectivity index (χ1n) is 4.97. The van der Waals surface area contributed by atoms with Crippen molar-refractivity contribution in [2.45, 2.75) is 45.1 Å². The van der Waals surface area contributed by atoms with Gasteiger partial charge < -0.3 is 10.8 Å². The van der Waals surface area contributed by atoms with Gasteiger partial charge in [0.2, 0.25) is 0 Å². The van der Waals surface area contributed by atoms with Crippen molar-refractivity contribution >= 4 is 5.97 Å². The highest BCUT2D eigenvalue weighted by molar-refractivity contribution is 5.71. The average molecular weight is 185 g/mol. The molecule has 0 spiro atoms. The second-order valence-electron chi connectivity index (χ2n) is 4.48. The molecule has 1 atom stereocenters. The van der Waals surface area contributed by atoms with Crippen molar-refractivity contribution in [1.82, 2.24) is 0 Å². The van der Waals surface area contributed by atoms with Gasteiger partial charge in [0.1, 0.15) is 0 Å². The van der Waals surface area contributed by atoms with E-state index in [1.165, 1.54) is 0 Å². The second-order valence-corrected chi connectivity index (χ2v) is 4.48. The molecule has 0 heterocycles. The Morgan fingerprint density at radius 3 is 2.38 bits per heavy atom. The molecule has 3 N–H and O–H groups in total. The van der Waals surface area contributed by atoms with Gasteiger partial charge in [0.25, 0.3) is 0 Å². The normalized spacial score (nSPS) is 37.0. The highest BCUT2D eigenvalue weighted by atomic mass is 16.4. The molecule has 0 amide bonds. The third-order valence-electron chi connectivity index (χ3n) is 3.44. The molecule has 0 aromatic rings. The molecule has 1 saturated carbocycles. The van der Waals surface area contributed by atoms with Crippen LogP contribution in [0.4, 0.5) is 0 Å². The number of carboxylic acids is 1. The molecule has 76 valence electrons. The second kappa shape index (κ2) is 3.66. The van der Waals surface area contributed by atoms with Crippen LogP contribution in [-0.4, -0.2) is 16.6 Å². The SMILES string of the molecule is C[C@H](C(=O)O)[C@]1(N)CC[C@@H](C)CC1. The molecule has 3 nitrogen and oxygen atoms in total. The minimum atomic E-state index is -0.767. The van der Waals surface area contributed by atoms with Crippen LogP contribution < -0.4 is 5.73 Å². The van der Waals surface area contributed by atoms with Crippen LogP contribution in [0.2, 0.25) is 0 Å². The molecule has 0 saturated heterocycles. The summed E-state index contributed by atoms with van der Waals surface area (Å²) in [6, 6.07) is 0. The van der Waals surface area contributed by atoms with Crippen molar-refractivity contribution in [2.24, 2.45) is 17.6 Å². The minimum absolute atomic E-state index is 0.417. The first kappa shape index (κ1) is 10.5. The summed E-state index contributed by atoms with van der Waals surface area (Å²) in [5.41, 5.74) is 5.62. The largest absolute Gasteiger partial charge is 0.481 e. The van der Waals surface area contributed by atoms with E-state index in [1.54, 1.807) is 6.92 Å². The van der Waals surface area contributed by atoms with E-state index in [2.05, 4.69) is 6.92 Å². The van der Waals surface area contributed by atoms with Crippen LogP contribution >= 0.6 is 0 Å². The maximum Gasteiger partial charge on any atom is 0.308 e. The lowest BCUT2D eigenvalue weighted by Crippen LogP contribution is -2.51. The summed E-state index contributed by atoms with van der Waals surface area (Å²) >= 11 is 0. The maximum absolute atomic E-state index is 10.8. The zero-order valence-electron chi connectivity index (χ0n) is 8.42. The Labute approximate surface area is 79.3 Å². The fourth-order valence-electron chi connectivity index (χ4n) is 1.98. The number of hydrogen-bond donors (Lipinski definition) is 2. The Morgan fingerprint density at radius 1 is 1.54 bits per heavy atom. The molecular weight excluding hydrogens is 166 g/mol. The molecule has 1 aliphatic carbocycles. The Balaban J connectivity index is 2.61. The highest BCUT2D eigenvalue weighted by Crippen LogP contribution is 2.35. The molecule has 13 heavy (non-hydrogen) atoms. The average Bonchev–Trinajstić information content (AvgIpc) is 2.09. The summed E-state index contributed by atoms with van der Waals surface area (Å²) in [7, 11) is 0. The summed E-state index contributed by atoms with van der Waals surface area (Å²) in [5.74, 6) is -0.477. The molecule has 0 aromatic heterocycles. The Morgan fingerprint density at radius 2 is 2.00 bits per heavy atom. The van der Waals surface area contributed by atoms with Gasteiger partial charge >= 0.3 is 5.97 Å². The number of carbonyl (C=O) groups is 1. The van der Waals surface area contributed by atoms with Gasteiger partial charge in [-0.25, -0.2) is 0 Å². The first-order chi connectivity index (χ1) is 5.96. The van der Waals surface area contributed by atoms with E-state index in [0.29, 0.717) is 5.92 Å². The first-order valence-corrected chi connectivity index (χ1v) is 4.97. The molecule has 0 unspecified atom stereocenters. The van der Waals surface area contributed by atoms with Crippen molar-refractivity contribution in [3.63, 3.8) is 0 Å². The predicted octanol–water partition coefficient (Wildman–Crippen LogP) is 1.61. The number of rotatable bonds is 2. The van der Waals surface area contributed by atoms with E-state index >= 15 is 0 Å². The summed E-state index contributed by atoms with van der Waals surface area (Å²) in [6.07, 6.45) is 3.82. The van der Waals surface area contributed by atoms with Gasteiger partial charge in [0.05, 0.1) is 5.92 Å². The molecular formula is C10H19NO2. The van der Waals surface area contributed by atoms with Gasteiger partial charge in [-0.15, -0.1) is 0 Å². The molecule has 1 aliphatic rings. The lowest BCUT2D eigenvalue weighted by molar-refractivity contribution is -0.144. The van der Waals surface area contributed by atoms with Gasteiger partial charge in [-0.1, -0.05) is 13.8 Å². The number of nitrogens with two attached hydrogens (primary N) is 1. The molecule has 0 aromatic carbocycles. The van der Waals surface area contributed by atoms with Crippen LogP contribution in [0, 0.1) is 11.8 Å². The highest BCUT2D eigenvalue weighted by Gasteiger charge is 2.38. The van der Waals surface area contributed by atoms with Crippen LogP contribution in [0.15, 0.2) is 0 Å². The zero-order valence-corrected chi connectivity index (χ0v) is 8.42. The lowest BCUT2D eigenvalue weighted by atomic mass is 9.71. The van der Waals surface area contributed by atoms with Gasteiger partial charge in [-0.05, 0) is 31.6 Å². The van der Waals surface area contributed by atoms with E-state index < -0.39 is 17.4 Å². The van der Waals surface area contributed by atoms with Crippen molar-refractivity contribution in [2.75, 3.05) is 0 Å². The van der Waals surface area contributed by atoms with E-state index in [4.69, 9.17) is 10.8 Å². The van der Waals surface area contributed by atoms with Crippen LogP contribution in [0.25, 0.3) is 0 Å². The Bertz CT molecular complexity index is 195. The van der Waals surface area contributed by atoms with Crippen molar-refractivity contribution < 1.29 is 9.90 Å². The van der Waals surface area contributed by atoms with Crippen molar-refractivity contribution in [3.05, 3.63) is 0 Å². The van der Waals surface area contributed by atoms with Crippen molar-refractivity contribution in [1.29, 1.82) is 0 Å². The quantitative estimate of drug-likeness (QED) is 0.687.